The molecule has 37 heavy (non-hydrogen) atoms. The lowest BCUT2D eigenvalue weighted by Gasteiger charge is -2.05. The van der Waals surface area contributed by atoms with Gasteiger partial charge in [0.05, 0.1) is 0 Å². The zero-order valence-corrected chi connectivity index (χ0v) is 25.0. The molecule has 0 saturated heterocycles. The Kier molecular flexibility index (Phi) is 24.0. The zero-order chi connectivity index (χ0) is 26.7. The lowest BCUT2D eigenvalue weighted by Crippen LogP contribution is -2.04. The molecule has 0 unspecified atom stereocenters. The highest BCUT2D eigenvalue weighted by molar-refractivity contribution is 5.69. The smallest absolute Gasteiger partial charge is 0.306 e. The fourth-order valence-electron chi connectivity index (χ4n) is 5.17. The number of ether oxygens (including phenoxy) is 1. The van der Waals surface area contributed by atoms with Crippen LogP contribution in [0.4, 0.5) is 0 Å². The monoisotopic (exact) mass is 514 g/mol. The van der Waals surface area contributed by atoms with Gasteiger partial charge in [-0.2, -0.15) is 0 Å². The van der Waals surface area contributed by atoms with E-state index < -0.39 is 0 Å². The van der Waals surface area contributed by atoms with E-state index in [0.29, 0.717) is 13.0 Å². The second-order valence-electron chi connectivity index (χ2n) is 11.9. The van der Waals surface area contributed by atoms with Crippen LogP contribution >= 0.6 is 0 Å². The summed E-state index contributed by atoms with van der Waals surface area (Å²) in [4.78, 5) is 11.8. The van der Waals surface area contributed by atoms with Crippen LogP contribution in [-0.2, 0) is 16.1 Å². The van der Waals surface area contributed by atoms with E-state index in [-0.39, 0.29) is 5.97 Å². The average Bonchev–Trinajstić information content (AvgIpc) is 2.90. The van der Waals surface area contributed by atoms with E-state index in [9.17, 15) is 4.79 Å². The van der Waals surface area contributed by atoms with Gasteiger partial charge in [-0.3, -0.25) is 4.79 Å². The molecule has 0 aliphatic rings. The van der Waals surface area contributed by atoms with E-state index in [0.717, 1.165) is 24.3 Å². The predicted octanol–water partition coefficient (Wildman–Crippen LogP) is 11.7. The maximum absolute atomic E-state index is 11.8. The minimum Gasteiger partial charge on any atom is -0.461 e. The Hall–Kier alpha value is -1.31. The molecular weight excluding hydrogens is 452 g/mol. The third-order valence-electron chi connectivity index (χ3n) is 7.66. The fraction of sp³-hybridized carbons (Fsp3) is 0.800. The maximum Gasteiger partial charge on any atom is 0.306 e. The number of hydrogen-bond donors (Lipinski definition) is 0. The normalized spacial score (nSPS) is 11.3. The van der Waals surface area contributed by atoms with Crippen molar-refractivity contribution in [1.29, 1.82) is 0 Å². The second-order valence-corrected chi connectivity index (χ2v) is 11.9. The van der Waals surface area contributed by atoms with Gasteiger partial charge in [0.15, 0.2) is 0 Å². The minimum absolute atomic E-state index is 0.0579. The zero-order valence-electron chi connectivity index (χ0n) is 25.0. The molecular formula is C35H62O2. The summed E-state index contributed by atoms with van der Waals surface area (Å²) in [6.45, 7) is 5.08. The molecule has 2 nitrogen and oxygen atoms in total. The van der Waals surface area contributed by atoms with Gasteiger partial charge in [0.25, 0.3) is 0 Å². The van der Waals surface area contributed by atoms with Crippen LogP contribution in [0.2, 0.25) is 0 Å². The summed E-state index contributed by atoms with van der Waals surface area (Å²) in [5.74, 6) is 0.826. The van der Waals surface area contributed by atoms with Crippen LogP contribution < -0.4 is 0 Å². The standard InChI is InChI=1S/C35H62O2/c1-33(2)28-24-21-19-17-15-13-11-9-7-5-3-4-6-8-10-12-14-16-18-20-22-27-31-35(36)37-32-34-29-25-23-26-30-34/h23,25-26,29-30,33H,3-22,24,27-28,31-32H2,1-2H3. The lowest BCUT2D eigenvalue weighted by atomic mass is 10.0. The molecule has 0 heterocycles. The lowest BCUT2D eigenvalue weighted by molar-refractivity contribution is -0.145. The number of benzene rings is 1. The van der Waals surface area contributed by atoms with Crippen LogP contribution in [0.1, 0.15) is 174 Å². The van der Waals surface area contributed by atoms with Crippen molar-refractivity contribution < 1.29 is 9.53 Å². The summed E-state index contributed by atoms with van der Waals surface area (Å²) in [5.41, 5.74) is 1.06. The van der Waals surface area contributed by atoms with E-state index in [1.54, 1.807) is 0 Å². The first kappa shape index (κ1) is 33.7. The topological polar surface area (TPSA) is 26.3 Å². The first-order valence-electron chi connectivity index (χ1n) is 16.4. The Bertz CT molecular complexity index is 595. The average molecular weight is 515 g/mol. The molecule has 0 radical (unpaired) electrons. The van der Waals surface area contributed by atoms with Crippen LogP contribution in [0, 0.1) is 5.92 Å². The molecule has 214 valence electrons. The minimum atomic E-state index is -0.0579. The Morgan fingerprint density at radius 2 is 0.892 bits per heavy atom. The maximum atomic E-state index is 11.8. The summed E-state index contributed by atoms with van der Waals surface area (Å²) in [5, 5.41) is 0. The van der Waals surface area contributed by atoms with Crippen molar-refractivity contribution in [1.82, 2.24) is 0 Å². The fourth-order valence-corrected chi connectivity index (χ4v) is 5.17. The molecule has 1 aromatic carbocycles. The SMILES string of the molecule is CC(C)CCCCCCCCCCCCCCCCCCCCCCCCC(=O)OCc1ccccc1. The first-order valence-corrected chi connectivity index (χ1v) is 16.4. The highest BCUT2D eigenvalue weighted by Gasteiger charge is 2.03. The Labute approximate surface area is 231 Å². The Morgan fingerprint density at radius 1 is 0.541 bits per heavy atom. The van der Waals surface area contributed by atoms with E-state index in [4.69, 9.17) is 4.74 Å². The van der Waals surface area contributed by atoms with E-state index in [1.807, 2.05) is 30.3 Å². The second kappa shape index (κ2) is 26.3. The van der Waals surface area contributed by atoms with Gasteiger partial charge in [-0.15, -0.1) is 0 Å². The van der Waals surface area contributed by atoms with Gasteiger partial charge in [0, 0.05) is 6.42 Å². The van der Waals surface area contributed by atoms with E-state index in [2.05, 4.69) is 13.8 Å². The molecule has 0 aromatic heterocycles. The molecule has 0 aliphatic heterocycles. The van der Waals surface area contributed by atoms with Crippen molar-refractivity contribution >= 4 is 5.97 Å². The number of esters is 1. The predicted molar refractivity (Wildman–Crippen MR) is 162 cm³/mol. The summed E-state index contributed by atoms with van der Waals surface area (Å²) < 4.78 is 5.34. The molecule has 0 saturated carbocycles. The summed E-state index contributed by atoms with van der Waals surface area (Å²) in [6.07, 6.45) is 32.6. The van der Waals surface area contributed by atoms with Crippen molar-refractivity contribution in [2.45, 2.75) is 175 Å². The molecule has 0 bridgehead atoms. The molecule has 0 amide bonds. The van der Waals surface area contributed by atoms with Crippen LogP contribution in [0.25, 0.3) is 0 Å². The number of hydrogen-bond acceptors (Lipinski definition) is 2. The van der Waals surface area contributed by atoms with Gasteiger partial charge >= 0.3 is 5.97 Å². The largest absolute Gasteiger partial charge is 0.461 e. The van der Waals surface area contributed by atoms with Crippen LogP contribution in [0.5, 0.6) is 0 Å². The van der Waals surface area contributed by atoms with Crippen molar-refractivity contribution in [2.24, 2.45) is 5.92 Å². The Balaban J connectivity index is 1.68. The summed E-state index contributed by atoms with van der Waals surface area (Å²) >= 11 is 0. The molecule has 0 aliphatic carbocycles. The molecule has 1 aromatic rings. The molecule has 0 spiro atoms. The highest BCUT2D eigenvalue weighted by Crippen LogP contribution is 2.16. The molecule has 0 fully saturated rings. The van der Waals surface area contributed by atoms with Gasteiger partial charge in [-0.25, -0.2) is 0 Å². The quantitative estimate of drug-likeness (QED) is 0.0861. The van der Waals surface area contributed by atoms with Gasteiger partial charge < -0.3 is 4.74 Å². The van der Waals surface area contributed by atoms with Crippen molar-refractivity contribution in [3.05, 3.63) is 35.9 Å². The third kappa shape index (κ3) is 24.8. The van der Waals surface area contributed by atoms with Gasteiger partial charge in [-0.05, 0) is 17.9 Å². The van der Waals surface area contributed by atoms with E-state index >= 15 is 0 Å². The van der Waals surface area contributed by atoms with Crippen LogP contribution in [0.15, 0.2) is 30.3 Å². The number of rotatable bonds is 27. The van der Waals surface area contributed by atoms with E-state index in [1.165, 1.54) is 135 Å². The van der Waals surface area contributed by atoms with Crippen LogP contribution in [-0.4, -0.2) is 5.97 Å². The molecule has 1 rings (SSSR count). The Morgan fingerprint density at radius 3 is 1.27 bits per heavy atom. The number of carbonyl (C=O) groups is 1. The summed E-state index contributed by atoms with van der Waals surface area (Å²) in [6, 6.07) is 9.92. The van der Waals surface area contributed by atoms with Gasteiger partial charge in [0.1, 0.15) is 6.61 Å². The third-order valence-corrected chi connectivity index (χ3v) is 7.66. The molecule has 0 N–H and O–H groups in total. The van der Waals surface area contributed by atoms with Crippen molar-refractivity contribution in [2.75, 3.05) is 0 Å². The molecule has 2 heteroatoms. The molecule has 0 atom stereocenters. The van der Waals surface area contributed by atoms with Crippen LogP contribution in [0.3, 0.4) is 0 Å². The van der Waals surface area contributed by atoms with Gasteiger partial charge in [0.2, 0.25) is 0 Å². The summed E-state index contributed by atoms with van der Waals surface area (Å²) in [7, 11) is 0. The van der Waals surface area contributed by atoms with Crippen molar-refractivity contribution in [3.63, 3.8) is 0 Å². The van der Waals surface area contributed by atoms with Crippen molar-refractivity contribution in [3.8, 4) is 0 Å². The number of carbonyl (C=O) groups excluding carboxylic acids is 1. The highest BCUT2D eigenvalue weighted by atomic mass is 16.5. The van der Waals surface area contributed by atoms with Gasteiger partial charge in [-0.1, -0.05) is 185 Å². The first-order chi connectivity index (χ1) is 18.2. The number of unbranched alkanes of at least 4 members (excludes halogenated alkanes) is 21.